The van der Waals surface area contributed by atoms with E-state index in [9.17, 15) is 9.18 Å². The van der Waals surface area contributed by atoms with Crippen LogP contribution in [0.4, 0.5) is 4.39 Å². The molecule has 0 saturated heterocycles. The monoisotopic (exact) mass is 172 g/mol. The van der Waals surface area contributed by atoms with Crippen molar-refractivity contribution < 1.29 is 19.4 Å². The van der Waals surface area contributed by atoms with E-state index in [0.717, 1.165) is 13.2 Å². The smallest absolute Gasteiger partial charge is 0.335 e. The van der Waals surface area contributed by atoms with E-state index in [1.54, 1.807) is 0 Å². The minimum atomic E-state index is -1.11. The Balaban J connectivity index is 0.000000561. The van der Waals surface area contributed by atoms with Crippen molar-refractivity contribution in [2.24, 2.45) is 0 Å². The van der Waals surface area contributed by atoms with E-state index in [2.05, 4.69) is 0 Å². The van der Waals surface area contributed by atoms with Gasteiger partial charge in [-0.15, -0.1) is 0 Å². The number of aliphatic hydroxyl groups is 1. The topological polar surface area (TPSA) is 57.5 Å². The Hall–Kier alpha value is -1.42. The lowest BCUT2D eigenvalue weighted by Crippen LogP contribution is -1.95. The van der Waals surface area contributed by atoms with E-state index in [0.29, 0.717) is 0 Å². The van der Waals surface area contributed by atoms with Crippen molar-refractivity contribution in [3.05, 3.63) is 35.6 Å². The summed E-state index contributed by atoms with van der Waals surface area (Å²) in [5, 5.41) is 15.3. The van der Waals surface area contributed by atoms with Crippen molar-refractivity contribution in [1.82, 2.24) is 0 Å². The van der Waals surface area contributed by atoms with Gasteiger partial charge in [-0.1, -0.05) is 6.07 Å². The molecule has 0 aliphatic rings. The van der Waals surface area contributed by atoms with Crippen LogP contribution in [0.5, 0.6) is 0 Å². The number of hydrogen-bond donors (Lipinski definition) is 2. The fraction of sp³-hybridized carbons (Fsp3) is 0.125. The second-order valence-corrected chi connectivity index (χ2v) is 1.82. The number of aromatic carboxylic acids is 1. The first-order valence-electron chi connectivity index (χ1n) is 3.14. The summed E-state index contributed by atoms with van der Waals surface area (Å²) in [5.41, 5.74) is -0.0278. The van der Waals surface area contributed by atoms with Gasteiger partial charge in [-0.05, 0) is 18.2 Å². The zero-order chi connectivity index (χ0) is 9.56. The second kappa shape index (κ2) is 5.26. The molecule has 0 bridgehead atoms. The van der Waals surface area contributed by atoms with Crippen molar-refractivity contribution in [3.63, 3.8) is 0 Å². The van der Waals surface area contributed by atoms with Crippen LogP contribution in [0.25, 0.3) is 0 Å². The summed E-state index contributed by atoms with van der Waals surface area (Å²) in [4.78, 5) is 10.2. The van der Waals surface area contributed by atoms with Crippen molar-refractivity contribution in [1.29, 1.82) is 0 Å². The molecule has 0 heterocycles. The molecule has 3 nitrogen and oxygen atoms in total. The third-order valence-corrected chi connectivity index (χ3v) is 1.07. The van der Waals surface area contributed by atoms with Crippen LogP contribution in [0.15, 0.2) is 24.3 Å². The maximum atomic E-state index is 12.3. The van der Waals surface area contributed by atoms with E-state index in [-0.39, 0.29) is 5.56 Å². The molecular weight excluding hydrogens is 163 g/mol. The predicted molar refractivity (Wildman–Crippen MR) is 41.5 cm³/mol. The molecule has 66 valence electrons. The van der Waals surface area contributed by atoms with Gasteiger partial charge in [-0.2, -0.15) is 0 Å². The van der Waals surface area contributed by atoms with Crippen LogP contribution in [0, 0.1) is 5.82 Å². The SMILES string of the molecule is CO.O=C(O)c1cccc(F)c1. The number of carboxylic acid groups (broad SMARTS) is 1. The largest absolute Gasteiger partial charge is 0.478 e. The highest BCUT2D eigenvalue weighted by Gasteiger charge is 2.01. The van der Waals surface area contributed by atoms with Crippen LogP contribution in [0.3, 0.4) is 0 Å². The average molecular weight is 172 g/mol. The second-order valence-electron chi connectivity index (χ2n) is 1.82. The molecule has 0 aromatic heterocycles. The lowest BCUT2D eigenvalue weighted by Gasteiger charge is -1.91. The summed E-state index contributed by atoms with van der Waals surface area (Å²) in [7, 11) is 1.00. The Morgan fingerprint density at radius 2 is 2.00 bits per heavy atom. The van der Waals surface area contributed by atoms with Crippen LogP contribution in [-0.2, 0) is 0 Å². The molecule has 0 atom stereocenters. The maximum absolute atomic E-state index is 12.3. The normalized spacial score (nSPS) is 8.25. The molecule has 1 aromatic carbocycles. The van der Waals surface area contributed by atoms with Gasteiger partial charge in [0.1, 0.15) is 5.82 Å². The van der Waals surface area contributed by atoms with Gasteiger partial charge >= 0.3 is 5.97 Å². The lowest BCUT2D eigenvalue weighted by molar-refractivity contribution is 0.0696. The Kier molecular flexibility index (Phi) is 4.64. The molecule has 1 rings (SSSR count). The fourth-order valence-electron chi connectivity index (χ4n) is 0.622. The standard InChI is InChI=1S/C7H5FO2.CH4O/c8-6-3-1-2-5(4-6)7(9)10;1-2/h1-4H,(H,9,10);2H,1H3. The quantitative estimate of drug-likeness (QED) is 0.667. The van der Waals surface area contributed by atoms with Crippen LogP contribution < -0.4 is 0 Å². The molecule has 1 aromatic rings. The van der Waals surface area contributed by atoms with Crippen molar-refractivity contribution in [2.45, 2.75) is 0 Å². The summed E-state index contributed by atoms with van der Waals surface area (Å²) in [5.74, 6) is -1.64. The summed E-state index contributed by atoms with van der Waals surface area (Å²) in [6.45, 7) is 0. The predicted octanol–water partition coefficient (Wildman–Crippen LogP) is 1.13. The van der Waals surface area contributed by atoms with E-state index in [1.807, 2.05) is 0 Å². The molecule has 0 aliphatic heterocycles. The van der Waals surface area contributed by atoms with Gasteiger partial charge in [-0.25, -0.2) is 9.18 Å². The first-order valence-corrected chi connectivity index (χ1v) is 3.14. The highest BCUT2D eigenvalue weighted by molar-refractivity contribution is 5.87. The Labute approximate surface area is 69.1 Å². The van der Waals surface area contributed by atoms with Gasteiger partial charge in [0.25, 0.3) is 0 Å². The van der Waals surface area contributed by atoms with Crippen LogP contribution in [0.1, 0.15) is 10.4 Å². The van der Waals surface area contributed by atoms with Crippen molar-refractivity contribution in [3.8, 4) is 0 Å². The van der Waals surface area contributed by atoms with Crippen LogP contribution in [0.2, 0.25) is 0 Å². The number of carboxylic acids is 1. The van der Waals surface area contributed by atoms with Gasteiger partial charge in [0.05, 0.1) is 5.56 Å². The molecule has 4 heteroatoms. The summed E-state index contributed by atoms with van der Waals surface area (Å²) < 4.78 is 12.3. The Bertz CT molecular complexity index is 260. The van der Waals surface area contributed by atoms with Crippen molar-refractivity contribution >= 4 is 5.97 Å². The van der Waals surface area contributed by atoms with Gasteiger partial charge in [-0.3, -0.25) is 0 Å². The minimum Gasteiger partial charge on any atom is -0.478 e. The summed E-state index contributed by atoms with van der Waals surface area (Å²) in [6.07, 6.45) is 0. The molecule has 0 spiro atoms. The number of aliphatic hydroxyl groups excluding tert-OH is 1. The molecule has 0 amide bonds. The number of halogens is 1. The third-order valence-electron chi connectivity index (χ3n) is 1.07. The first kappa shape index (κ1) is 10.6. The molecule has 0 fully saturated rings. The molecule has 12 heavy (non-hydrogen) atoms. The summed E-state index contributed by atoms with van der Waals surface area (Å²) in [6, 6.07) is 4.87. The lowest BCUT2D eigenvalue weighted by atomic mass is 10.2. The third kappa shape index (κ3) is 3.12. The van der Waals surface area contributed by atoms with Crippen LogP contribution in [-0.4, -0.2) is 23.3 Å². The van der Waals surface area contributed by atoms with E-state index >= 15 is 0 Å². The minimum absolute atomic E-state index is 0.0278. The van der Waals surface area contributed by atoms with E-state index in [4.69, 9.17) is 10.2 Å². The molecule has 0 radical (unpaired) electrons. The Morgan fingerprint density at radius 1 is 1.42 bits per heavy atom. The first-order chi connectivity index (χ1) is 5.70. The molecule has 0 aliphatic carbocycles. The number of benzene rings is 1. The zero-order valence-corrected chi connectivity index (χ0v) is 6.49. The number of hydrogen-bond acceptors (Lipinski definition) is 2. The zero-order valence-electron chi connectivity index (χ0n) is 6.49. The van der Waals surface area contributed by atoms with Crippen LogP contribution >= 0.6 is 0 Å². The van der Waals surface area contributed by atoms with Gasteiger partial charge in [0.15, 0.2) is 0 Å². The average Bonchev–Trinajstić information content (AvgIpc) is 2.08. The van der Waals surface area contributed by atoms with Gasteiger partial charge in [0, 0.05) is 7.11 Å². The van der Waals surface area contributed by atoms with Gasteiger partial charge < -0.3 is 10.2 Å². The maximum Gasteiger partial charge on any atom is 0.335 e. The number of carbonyl (C=O) groups is 1. The Morgan fingerprint density at radius 3 is 2.33 bits per heavy atom. The number of rotatable bonds is 1. The molecule has 0 saturated carbocycles. The highest BCUT2D eigenvalue weighted by Crippen LogP contribution is 2.02. The highest BCUT2D eigenvalue weighted by atomic mass is 19.1. The molecular formula is C8H9FO3. The molecule has 0 unspecified atom stereocenters. The van der Waals surface area contributed by atoms with E-state index in [1.165, 1.54) is 18.2 Å². The van der Waals surface area contributed by atoms with E-state index < -0.39 is 11.8 Å². The summed E-state index contributed by atoms with van der Waals surface area (Å²) >= 11 is 0. The fourth-order valence-corrected chi connectivity index (χ4v) is 0.622. The van der Waals surface area contributed by atoms with Crippen molar-refractivity contribution in [2.75, 3.05) is 7.11 Å². The van der Waals surface area contributed by atoms with Gasteiger partial charge in [0.2, 0.25) is 0 Å². The molecule has 2 N–H and O–H groups in total.